The van der Waals surface area contributed by atoms with E-state index >= 15 is 0 Å². The van der Waals surface area contributed by atoms with Crippen LogP contribution >= 0.6 is 11.3 Å². The average Bonchev–Trinajstić information content (AvgIpc) is 3.29. The van der Waals surface area contributed by atoms with Crippen LogP contribution in [0.3, 0.4) is 0 Å². The van der Waals surface area contributed by atoms with Crippen molar-refractivity contribution >= 4 is 21.4 Å². The molecule has 1 unspecified atom stereocenters. The van der Waals surface area contributed by atoms with Crippen molar-refractivity contribution in [3.8, 4) is 22.1 Å². The molecule has 4 rings (SSSR count). The van der Waals surface area contributed by atoms with E-state index in [1.54, 1.807) is 42.8 Å². The van der Waals surface area contributed by atoms with E-state index in [1.807, 2.05) is 24.3 Å². The van der Waals surface area contributed by atoms with Crippen molar-refractivity contribution in [1.29, 1.82) is 0 Å². The maximum Gasteiger partial charge on any atom is 0.243 e. The van der Waals surface area contributed by atoms with Gasteiger partial charge in [0.05, 0.1) is 19.1 Å². The van der Waals surface area contributed by atoms with Crippen LogP contribution in [0.25, 0.3) is 10.6 Å². The minimum absolute atomic E-state index is 0.0382. The third kappa shape index (κ3) is 4.19. The van der Waals surface area contributed by atoms with Crippen LogP contribution in [0, 0.1) is 0 Å². The highest BCUT2D eigenvalue weighted by Crippen LogP contribution is 2.35. The van der Waals surface area contributed by atoms with Gasteiger partial charge in [-0.05, 0) is 61.4 Å². The Kier molecular flexibility index (Phi) is 6.03. The smallest absolute Gasteiger partial charge is 0.243 e. The number of ether oxygens (including phenoxy) is 2. The monoisotopic (exact) mass is 445 g/mol. The van der Waals surface area contributed by atoms with Gasteiger partial charge in [-0.1, -0.05) is 11.3 Å². The van der Waals surface area contributed by atoms with Gasteiger partial charge in [-0.2, -0.15) is 4.31 Å². The topological polar surface area (TPSA) is 81.6 Å². The molecule has 0 aliphatic carbocycles. The fraction of sp³-hybridized carbons (Fsp3) is 0.333. The summed E-state index contributed by atoms with van der Waals surface area (Å²) >= 11 is 1.52. The zero-order valence-corrected chi connectivity index (χ0v) is 18.4. The molecule has 158 valence electrons. The van der Waals surface area contributed by atoms with E-state index in [-0.39, 0.29) is 10.8 Å². The number of nitrogens with zero attached hydrogens (tertiary/aromatic N) is 3. The molecule has 2 heterocycles. The Morgan fingerprint density at radius 2 is 1.60 bits per heavy atom. The van der Waals surface area contributed by atoms with Crippen molar-refractivity contribution in [3.05, 3.63) is 53.5 Å². The first-order valence-corrected chi connectivity index (χ1v) is 11.9. The van der Waals surface area contributed by atoms with Gasteiger partial charge in [0, 0.05) is 24.6 Å². The van der Waals surface area contributed by atoms with Gasteiger partial charge in [0.2, 0.25) is 10.0 Å². The molecule has 30 heavy (non-hydrogen) atoms. The second-order valence-electron chi connectivity index (χ2n) is 7.05. The van der Waals surface area contributed by atoms with Crippen LogP contribution in [0.4, 0.5) is 0 Å². The summed E-state index contributed by atoms with van der Waals surface area (Å²) in [4.78, 5) is 0.278. The number of benzene rings is 2. The van der Waals surface area contributed by atoms with E-state index in [0.717, 1.165) is 34.2 Å². The van der Waals surface area contributed by atoms with Gasteiger partial charge < -0.3 is 9.47 Å². The van der Waals surface area contributed by atoms with Crippen molar-refractivity contribution in [2.24, 2.45) is 0 Å². The Balaban J connectivity index is 1.51. The average molecular weight is 446 g/mol. The lowest BCUT2D eigenvalue weighted by Gasteiger charge is -2.30. The van der Waals surface area contributed by atoms with Crippen molar-refractivity contribution in [2.75, 3.05) is 27.3 Å². The first-order chi connectivity index (χ1) is 14.5. The molecule has 0 bridgehead atoms. The Labute approximate surface area is 180 Å². The second kappa shape index (κ2) is 8.71. The van der Waals surface area contributed by atoms with E-state index in [0.29, 0.717) is 18.8 Å². The van der Waals surface area contributed by atoms with E-state index in [1.165, 1.54) is 11.3 Å². The van der Waals surface area contributed by atoms with Gasteiger partial charge >= 0.3 is 0 Å². The van der Waals surface area contributed by atoms with E-state index < -0.39 is 10.0 Å². The number of hydrogen-bond donors (Lipinski definition) is 0. The lowest BCUT2D eigenvalue weighted by molar-refractivity contribution is 0.314. The molecule has 3 aromatic rings. The summed E-state index contributed by atoms with van der Waals surface area (Å²) in [5, 5.41) is 10.4. The fourth-order valence-corrected chi connectivity index (χ4v) is 6.01. The third-order valence-electron chi connectivity index (χ3n) is 5.21. The molecule has 1 fully saturated rings. The van der Waals surface area contributed by atoms with Crippen molar-refractivity contribution in [3.63, 3.8) is 0 Å². The molecular formula is C21H23N3O4S2. The minimum atomic E-state index is -3.56. The quantitative estimate of drug-likeness (QED) is 0.574. The van der Waals surface area contributed by atoms with Crippen LogP contribution in [0.5, 0.6) is 11.5 Å². The normalized spacial score (nSPS) is 17.6. The number of aromatic nitrogens is 2. The van der Waals surface area contributed by atoms with Gasteiger partial charge in [-0.3, -0.25) is 0 Å². The maximum atomic E-state index is 13.1. The van der Waals surface area contributed by atoms with Gasteiger partial charge in [0.25, 0.3) is 0 Å². The minimum Gasteiger partial charge on any atom is -0.497 e. The molecule has 0 saturated carbocycles. The zero-order chi connectivity index (χ0) is 21.1. The lowest BCUT2D eigenvalue weighted by Crippen LogP contribution is -2.39. The Morgan fingerprint density at radius 1 is 0.967 bits per heavy atom. The van der Waals surface area contributed by atoms with Crippen LogP contribution in [0.1, 0.15) is 23.8 Å². The summed E-state index contributed by atoms with van der Waals surface area (Å²) in [6.45, 7) is 0.917. The molecule has 1 atom stereocenters. The predicted molar refractivity (Wildman–Crippen MR) is 116 cm³/mol. The van der Waals surface area contributed by atoms with Gasteiger partial charge in [0.15, 0.2) is 0 Å². The first-order valence-electron chi connectivity index (χ1n) is 9.63. The Bertz CT molecular complexity index is 1100. The number of piperidine rings is 1. The Hall–Kier alpha value is -2.49. The van der Waals surface area contributed by atoms with Crippen LogP contribution < -0.4 is 9.47 Å². The summed E-state index contributed by atoms with van der Waals surface area (Å²) in [6, 6.07) is 14.2. The van der Waals surface area contributed by atoms with Crippen LogP contribution in [0.2, 0.25) is 0 Å². The van der Waals surface area contributed by atoms with E-state index in [9.17, 15) is 8.42 Å². The van der Waals surface area contributed by atoms with Crippen LogP contribution in [-0.4, -0.2) is 50.2 Å². The molecule has 0 N–H and O–H groups in total. The summed E-state index contributed by atoms with van der Waals surface area (Å²) in [5.74, 6) is 1.46. The summed E-state index contributed by atoms with van der Waals surface area (Å²) in [6.07, 6.45) is 1.68. The van der Waals surface area contributed by atoms with Crippen LogP contribution in [0.15, 0.2) is 53.4 Å². The lowest BCUT2D eigenvalue weighted by atomic mass is 10.0. The molecular weight excluding hydrogens is 422 g/mol. The molecule has 0 amide bonds. The predicted octanol–water partition coefficient (Wildman–Crippen LogP) is 3.79. The molecule has 9 heteroatoms. The third-order valence-corrected chi connectivity index (χ3v) is 8.22. The molecule has 2 aromatic carbocycles. The summed E-state index contributed by atoms with van der Waals surface area (Å²) < 4.78 is 38.1. The number of rotatable bonds is 6. The largest absolute Gasteiger partial charge is 0.497 e. The van der Waals surface area contributed by atoms with Gasteiger partial charge in [-0.25, -0.2) is 8.42 Å². The maximum absolute atomic E-state index is 13.1. The fourth-order valence-electron chi connectivity index (χ4n) is 3.51. The zero-order valence-electron chi connectivity index (χ0n) is 16.8. The second-order valence-corrected chi connectivity index (χ2v) is 10.00. The molecule has 7 nitrogen and oxygen atoms in total. The summed E-state index contributed by atoms with van der Waals surface area (Å²) in [5.41, 5.74) is 0.970. The van der Waals surface area contributed by atoms with Crippen molar-refractivity contribution < 1.29 is 17.9 Å². The molecule has 1 aromatic heterocycles. The molecule has 1 saturated heterocycles. The highest BCUT2D eigenvalue weighted by atomic mass is 32.2. The number of hydrogen-bond acceptors (Lipinski definition) is 7. The first kappa shape index (κ1) is 20.8. The van der Waals surface area contributed by atoms with E-state index in [2.05, 4.69) is 10.2 Å². The highest BCUT2D eigenvalue weighted by molar-refractivity contribution is 7.89. The van der Waals surface area contributed by atoms with Gasteiger partial charge in [0.1, 0.15) is 21.5 Å². The van der Waals surface area contributed by atoms with Gasteiger partial charge in [-0.15, -0.1) is 10.2 Å². The Morgan fingerprint density at radius 3 is 2.23 bits per heavy atom. The molecule has 1 aliphatic rings. The van der Waals surface area contributed by atoms with Crippen molar-refractivity contribution in [2.45, 2.75) is 23.7 Å². The van der Waals surface area contributed by atoms with Crippen molar-refractivity contribution in [1.82, 2.24) is 14.5 Å². The van der Waals surface area contributed by atoms with Crippen LogP contribution in [-0.2, 0) is 10.0 Å². The standard InChI is InChI=1S/C21H23N3O4S2/c1-27-17-7-5-15(6-8-17)20-22-23-21(29-20)16-4-3-13-24(14-16)30(25,26)19-11-9-18(28-2)10-12-19/h5-12,16H,3-4,13-14H2,1-2H3. The highest BCUT2D eigenvalue weighted by Gasteiger charge is 2.32. The van der Waals surface area contributed by atoms with E-state index in [4.69, 9.17) is 9.47 Å². The molecule has 0 radical (unpaired) electrons. The molecule has 0 spiro atoms. The number of sulfonamides is 1. The SMILES string of the molecule is COc1ccc(-c2nnc(C3CCCN(S(=O)(=O)c4ccc(OC)cc4)C3)s2)cc1. The summed E-state index contributed by atoms with van der Waals surface area (Å²) in [7, 11) is -0.372. The number of methoxy groups -OCH3 is 2. The molecule has 1 aliphatic heterocycles.